The van der Waals surface area contributed by atoms with Crippen molar-refractivity contribution >= 4 is 0 Å². The summed E-state index contributed by atoms with van der Waals surface area (Å²) in [6.45, 7) is 5.28. The number of hydrogen-bond acceptors (Lipinski definition) is 2. The zero-order chi connectivity index (χ0) is 12.3. The average molecular weight is 233 g/mol. The highest BCUT2D eigenvalue weighted by molar-refractivity contribution is 5.31. The first kappa shape index (κ1) is 12.6. The molecule has 0 spiro atoms. The molecule has 1 heterocycles. The molecule has 0 aliphatic carbocycles. The van der Waals surface area contributed by atoms with E-state index in [0.717, 1.165) is 19.4 Å². The van der Waals surface area contributed by atoms with E-state index in [9.17, 15) is 5.11 Å². The molecular formula is C15H23NO. The maximum atomic E-state index is 10.3. The largest absolute Gasteiger partial charge is 0.391 e. The number of aliphatic hydroxyl groups is 1. The van der Waals surface area contributed by atoms with E-state index in [1.54, 1.807) is 0 Å². The summed E-state index contributed by atoms with van der Waals surface area (Å²) in [5.74, 6) is 0. The highest BCUT2D eigenvalue weighted by Crippen LogP contribution is 2.17. The van der Waals surface area contributed by atoms with E-state index in [-0.39, 0.29) is 12.1 Å². The normalized spacial score (nSPS) is 22.4. The Hall–Kier alpha value is -0.860. The van der Waals surface area contributed by atoms with Crippen LogP contribution in [0, 0.1) is 13.8 Å². The smallest absolute Gasteiger partial charge is 0.0733 e. The first-order valence-electron chi connectivity index (χ1n) is 6.64. The zero-order valence-corrected chi connectivity index (χ0v) is 10.9. The van der Waals surface area contributed by atoms with Crippen LogP contribution in [0.15, 0.2) is 18.2 Å². The Balaban J connectivity index is 2.01. The average Bonchev–Trinajstić information content (AvgIpc) is 2.35. The molecule has 2 unspecified atom stereocenters. The maximum absolute atomic E-state index is 10.3. The summed E-state index contributed by atoms with van der Waals surface area (Å²) in [6.07, 6.45) is 4.10. The fraction of sp³-hybridized carbons (Fsp3) is 0.600. The fourth-order valence-electron chi connectivity index (χ4n) is 2.59. The SMILES string of the molecule is Cc1ccc(C)c(CC(O)C2CCCCN2)c1. The lowest BCUT2D eigenvalue weighted by Gasteiger charge is -2.28. The fourth-order valence-corrected chi connectivity index (χ4v) is 2.59. The molecule has 1 fully saturated rings. The van der Waals surface area contributed by atoms with Crippen molar-refractivity contribution in [2.75, 3.05) is 6.54 Å². The van der Waals surface area contributed by atoms with Gasteiger partial charge in [0.1, 0.15) is 0 Å². The monoisotopic (exact) mass is 233 g/mol. The predicted molar refractivity (Wildman–Crippen MR) is 71.3 cm³/mol. The number of piperidine rings is 1. The van der Waals surface area contributed by atoms with Crippen LogP contribution >= 0.6 is 0 Å². The standard InChI is InChI=1S/C15H23NO/c1-11-6-7-12(2)13(9-11)10-15(17)14-5-3-4-8-16-14/h6-7,9,14-17H,3-5,8,10H2,1-2H3. The molecule has 0 aromatic heterocycles. The van der Waals surface area contributed by atoms with Crippen LogP contribution in [0.25, 0.3) is 0 Å². The molecule has 17 heavy (non-hydrogen) atoms. The summed E-state index contributed by atoms with van der Waals surface area (Å²) >= 11 is 0. The van der Waals surface area contributed by atoms with Crippen molar-refractivity contribution in [2.24, 2.45) is 0 Å². The lowest BCUT2D eigenvalue weighted by molar-refractivity contribution is 0.113. The number of aliphatic hydroxyl groups excluding tert-OH is 1. The van der Waals surface area contributed by atoms with Crippen LogP contribution in [0.5, 0.6) is 0 Å². The Morgan fingerprint density at radius 2 is 2.18 bits per heavy atom. The summed E-state index contributed by atoms with van der Waals surface area (Å²) in [5.41, 5.74) is 3.84. The van der Waals surface area contributed by atoms with Crippen LogP contribution in [0.3, 0.4) is 0 Å². The van der Waals surface area contributed by atoms with Crippen molar-refractivity contribution < 1.29 is 5.11 Å². The third-order valence-corrected chi connectivity index (χ3v) is 3.75. The Morgan fingerprint density at radius 3 is 2.88 bits per heavy atom. The minimum atomic E-state index is -0.254. The molecule has 2 nitrogen and oxygen atoms in total. The summed E-state index contributed by atoms with van der Waals surface area (Å²) in [5, 5.41) is 13.7. The van der Waals surface area contributed by atoms with Crippen LogP contribution in [-0.4, -0.2) is 23.8 Å². The Bertz CT molecular complexity index is 369. The molecule has 0 bridgehead atoms. The quantitative estimate of drug-likeness (QED) is 0.840. The molecule has 1 aliphatic heterocycles. The third kappa shape index (κ3) is 3.30. The molecule has 2 heteroatoms. The van der Waals surface area contributed by atoms with Gasteiger partial charge in [-0.05, 0) is 44.4 Å². The molecule has 1 aliphatic rings. The van der Waals surface area contributed by atoms with E-state index >= 15 is 0 Å². The molecule has 2 rings (SSSR count). The number of aryl methyl sites for hydroxylation is 2. The Morgan fingerprint density at radius 1 is 1.35 bits per heavy atom. The number of benzene rings is 1. The second-order valence-electron chi connectivity index (χ2n) is 5.26. The van der Waals surface area contributed by atoms with Crippen molar-refractivity contribution in [3.8, 4) is 0 Å². The predicted octanol–water partition coefficient (Wildman–Crippen LogP) is 2.35. The van der Waals surface area contributed by atoms with Crippen molar-refractivity contribution in [1.29, 1.82) is 0 Å². The van der Waals surface area contributed by atoms with Crippen LogP contribution in [0.4, 0.5) is 0 Å². The van der Waals surface area contributed by atoms with Gasteiger partial charge < -0.3 is 10.4 Å². The van der Waals surface area contributed by atoms with E-state index in [4.69, 9.17) is 0 Å². The second-order valence-corrected chi connectivity index (χ2v) is 5.26. The lowest BCUT2D eigenvalue weighted by Crippen LogP contribution is -2.44. The number of hydrogen-bond donors (Lipinski definition) is 2. The first-order valence-corrected chi connectivity index (χ1v) is 6.64. The van der Waals surface area contributed by atoms with Gasteiger partial charge in [0, 0.05) is 12.5 Å². The van der Waals surface area contributed by atoms with Crippen molar-refractivity contribution in [2.45, 2.75) is 51.7 Å². The molecular weight excluding hydrogens is 210 g/mol. The van der Waals surface area contributed by atoms with Crippen LogP contribution in [-0.2, 0) is 6.42 Å². The van der Waals surface area contributed by atoms with Gasteiger partial charge in [-0.2, -0.15) is 0 Å². The minimum Gasteiger partial charge on any atom is -0.391 e. The third-order valence-electron chi connectivity index (χ3n) is 3.75. The topological polar surface area (TPSA) is 32.3 Å². The van der Waals surface area contributed by atoms with E-state index in [1.165, 1.54) is 29.5 Å². The van der Waals surface area contributed by atoms with Gasteiger partial charge in [0.15, 0.2) is 0 Å². The number of nitrogens with one attached hydrogen (secondary N) is 1. The highest BCUT2D eigenvalue weighted by Gasteiger charge is 2.21. The van der Waals surface area contributed by atoms with Crippen LogP contribution in [0.1, 0.15) is 36.0 Å². The number of rotatable bonds is 3. The van der Waals surface area contributed by atoms with Crippen molar-refractivity contribution in [3.05, 3.63) is 34.9 Å². The molecule has 1 aromatic carbocycles. The molecule has 0 radical (unpaired) electrons. The molecule has 0 saturated carbocycles. The van der Waals surface area contributed by atoms with Gasteiger partial charge in [-0.1, -0.05) is 30.2 Å². The van der Waals surface area contributed by atoms with Gasteiger partial charge in [0.25, 0.3) is 0 Å². The molecule has 1 aromatic rings. The molecule has 2 N–H and O–H groups in total. The molecule has 0 amide bonds. The van der Waals surface area contributed by atoms with Crippen molar-refractivity contribution in [1.82, 2.24) is 5.32 Å². The van der Waals surface area contributed by atoms with Gasteiger partial charge in [-0.25, -0.2) is 0 Å². The van der Waals surface area contributed by atoms with Gasteiger partial charge >= 0.3 is 0 Å². The van der Waals surface area contributed by atoms with Crippen molar-refractivity contribution in [3.63, 3.8) is 0 Å². The minimum absolute atomic E-state index is 0.254. The second kappa shape index (κ2) is 5.65. The highest BCUT2D eigenvalue weighted by atomic mass is 16.3. The summed E-state index contributed by atoms with van der Waals surface area (Å²) in [4.78, 5) is 0. The van der Waals surface area contributed by atoms with E-state index < -0.39 is 0 Å². The maximum Gasteiger partial charge on any atom is 0.0733 e. The molecule has 94 valence electrons. The van der Waals surface area contributed by atoms with Crippen LogP contribution in [0.2, 0.25) is 0 Å². The van der Waals surface area contributed by atoms with Gasteiger partial charge in [-0.15, -0.1) is 0 Å². The van der Waals surface area contributed by atoms with Gasteiger partial charge in [0.05, 0.1) is 6.10 Å². The van der Waals surface area contributed by atoms with Gasteiger partial charge in [0.2, 0.25) is 0 Å². The van der Waals surface area contributed by atoms with E-state index in [2.05, 4.69) is 37.4 Å². The Kier molecular flexibility index (Phi) is 4.19. The summed E-state index contributed by atoms with van der Waals surface area (Å²) < 4.78 is 0. The molecule has 2 atom stereocenters. The van der Waals surface area contributed by atoms with Gasteiger partial charge in [-0.3, -0.25) is 0 Å². The Labute approximate surface area is 104 Å². The zero-order valence-electron chi connectivity index (χ0n) is 10.9. The lowest BCUT2D eigenvalue weighted by atomic mass is 9.93. The van der Waals surface area contributed by atoms with Crippen LogP contribution < -0.4 is 5.32 Å². The summed E-state index contributed by atoms with van der Waals surface area (Å²) in [6, 6.07) is 6.75. The van der Waals surface area contributed by atoms with E-state index in [0.29, 0.717) is 0 Å². The molecule has 1 saturated heterocycles. The van der Waals surface area contributed by atoms with E-state index in [1.807, 2.05) is 0 Å². The first-order chi connectivity index (χ1) is 8.16. The summed E-state index contributed by atoms with van der Waals surface area (Å²) in [7, 11) is 0.